The molecule has 1 amide bonds. The fourth-order valence-electron chi connectivity index (χ4n) is 3.52. The van der Waals surface area contributed by atoms with Gasteiger partial charge in [-0.3, -0.25) is 9.69 Å². The van der Waals surface area contributed by atoms with E-state index in [0.717, 1.165) is 38.8 Å². The fourth-order valence-corrected chi connectivity index (χ4v) is 3.52. The smallest absolute Gasteiger partial charge is 0.237 e. The lowest BCUT2D eigenvalue weighted by Crippen LogP contribution is -2.58. The Morgan fingerprint density at radius 1 is 1.32 bits per heavy atom. The van der Waals surface area contributed by atoms with Crippen molar-refractivity contribution in [2.45, 2.75) is 70.6 Å². The molecular weight excluding hydrogens is 240 g/mol. The third-order valence-electron chi connectivity index (χ3n) is 4.82. The van der Waals surface area contributed by atoms with Crippen LogP contribution in [0.25, 0.3) is 0 Å². The van der Waals surface area contributed by atoms with E-state index < -0.39 is 5.60 Å². The predicted molar refractivity (Wildman–Crippen MR) is 75.8 cm³/mol. The van der Waals surface area contributed by atoms with Gasteiger partial charge >= 0.3 is 0 Å². The molecule has 110 valence electrons. The minimum absolute atomic E-state index is 0.0890. The van der Waals surface area contributed by atoms with Gasteiger partial charge in [-0.15, -0.1) is 0 Å². The lowest BCUT2D eigenvalue weighted by atomic mass is 9.71. The molecule has 4 heteroatoms. The Morgan fingerprint density at radius 3 is 2.74 bits per heavy atom. The summed E-state index contributed by atoms with van der Waals surface area (Å²) in [6.45, 7) is 7.65. The fraction of sp³-hybridized carbons (Fsp3) is 0.933. The molecule has 0 aromatic heterocycles. The van der Waals surface area contributed by atoms with Gasteiger partial charge in [0.25, 0.3) is 0 Å². The van der Waals surface area contributed by atoms with Gasteiger partial charge in [-0.1, -0.05) is 12.8 Å². The second-order valence-corrected chi connectivity index (χ2v) is 6.63. The lowest BCUT2D eigenvalue weighted by molar-refractivity contribution is -0.133. The van der Waals surface area contributed by atoms with Crippen LogP contribution < -0.4 is 5.32 Å². The van der Waals surface area contributed by atoms with Crippen molar-refractivity contribution in [1.29, 1.82) is 0 Å². The maximum atomic E-state index is 12.1. The van der Waals surface area contributed by atoms with E-state index >= 15 is 0 Å². The quantitative estimate of drug-likeness (QED) is 0.816. The molecule has 1 saturated carbocycles. The van der Waals surface area contributed by atoms with E-state index in [1.54, 1.807) is 0 Å². The molecule has 1 aliphatic heterocycles. The van der Waals surface area contributed by atoms with E-state index in [1.165, 1.54) is 6.42 Å². The Morgan fingerprint density at radius 2 is 2.05 bits per heavy atom. The number of hydrogen-bond acceptors (Lipinski definition) is 3. The molecule has 2 fully saturated rings. The normalized spacial score (nSPS) is 33.8. The highest BCUT2D eigenvalue weighted by Crippen LogP contribution is 2.40. The van der Waals surface area contributed by atoms with Crippen molar-refractivity contribution in [1.82, 2.24) is 10.2 Å². The van der Waals surface area contributed by atoms with Gasteiger partial charge in [0.2, 0.25) is 5.91 Å². The topological polar surface area (TPSA) is 52.6 Å². The van der Waals surface area contributed by atoms with Gasteiger partial charge in [0.05, 0.1) is 11.6 Å². The Kier molecular flexibility index (Phi) is 4.51. The molecule has 4 nitrogen and oxygen atoms in total. The van der Waals surface area contributed by atoms with Gasteiger partial charge in [0, 0.05) is 25.0 Å². The van der Waals surface area contributed by atoms with Gasteiger partial charge < -0.3 is 10.4 Å². The summed E-state index contributed by atoms with van der Waals surface area (Å²) in [5.41, 5.74) is -0.455. The van der Waals surface area contributed by atoms with Crippen LogP contribution in [0.3, 0.4) is 0 Å². The first-order valence-corrected chi connectivity index (χ1v) is 7.69. The van der Waals surface area contributed by atoms with Crippen LogP contribution >= 0.6 is 0 Å². The van der Waals surface area contributed by atoms with E-state index in [9.17, 15) is 9.90 Å². The number of nitrogens with one attached hydrogen (secondary N) is 1. The van der Waals surface area contributed by atoms with Crippen LogP contribution in [0.4, 0.5) is 0 Å². The third-order valence-corrected chi connectivity index (χ3v) is 4.82. The number of hydrogen-bond donors (Lipinski definition) is 2. The number of rotatable bonds is 3. The van der Waals surface area contributed by atoms with Gasteiger partial charge in [-0.05, 0) is 40.0 Å². The summed E-state index contributed by atoms with van der Waals surface area (Å²) in [4.78, 5) is 14.3. The second kappa shape index (κ2) is 5.80. The van der Waals surface area contributed by atoms with Crippen molar-refractivity contribution in [3.8, 4) is 0 Å². The first kappa shape index (κ1) is 14.8. The molecule has 0 aromatic carbocycles. The summed E-state index contributed by atoms with van der Waals surface area (Å²) in [6.07, 6.45) is 5.23. The van der Waals surface area contributed by atoms with Crippen LogP contribution in [0, 0.1) is 5.92 Å². The molecule has 0 spiro atoms. The Hall–Kier alpha value is -0.610. The minimum atomic E-state index is -0.455. The zero-order chi connectivity index (χ0) is 14.0. The van der Waals surface area contributed by atoms with Crippen molar-refractivity contribution >= 4 is 5.91 Å². The number of amides is 1. The summed E-state index contributed by atoms with van der Waals surface area (Å²) < 4.78 is 0. The molecule has 2 aliphatic rings. The van der Waals surface area contributed by atoms with Crippen molar-refractivity contribution < 1.29 is 9.90 Å². The Labute approximate surface area is 116 Å². The van der Waals surface area contributed by atoms with Crippen molar-refractivity contribution in [3.63, 3.8) is 0 Å². The standard InChI is InChI=1S/C15H28N2O2/c1-11(2)16-14(18)12(3)17-9-8-15(19)7-5-4-6-13(15)10-17/h11-13,19H,4-10H2,1-3H3,(H,16,18). The Bertz CT molecular complexity index is 332. The van der Waals surface area contributed by atoms with Gasteiger partial charge in [-0.2, -0.15) is 0 Å². The molecule has 2 rings (SSSR count). The van der Waals surface area contributed by atoms with Gasteiger partial charge in [0.15, 0.2) is 0 Å². The molecule has 19 heavy (non-hydrogen) atoms. The second-order valence-electron chi connectivity index (χ2n) is 6.63. The van der Waals surface area contributed by atoms with Crippen molar-refractivity contribution in [3.05, 3.63) is 0 Å². The van der Waals surface area contributed by atoms with Crippen LogP contribution in [0.15, 0.2) is 0 Å². The number of piperidine rings is 1. The SMILES string of the molecule is CC(C)NC(=O)C(C)N1CCC2(O)CCCCC2C1. The summed E-state index contributed by atoms with van der Waals surface area (Å²) in [5, 5.41) is 13.6. The lowest BCUT2D eigenvalue weighted by Gasteiger charge is -2.48. The summed E-state index contributed by atoms with van der Waals surface area (Å²) in [7, 11) is 0. The van der Waals surface area contributed by atoms with Gasteiger partial charge in [0.1, 0.15) is 0 Å². The van der Waals surface area contributed by atoms with Crippen LogP contribution in [-0.2, 0) is 4.79 Å². The van der Waals surface area contributed by atoms with E-state index in [1.807, 2.05) is 20.8 Å². The van der Waals surface area contributed by atoms with Crippen LogP contribution in [0.5, 0.6) is 0 Å². The predicted octanol–water partition coefficient (Wildman–Crippen LogP) is 1.53. The molecule has 3 unspecified atom stereocenters. The van der Waals surface area contributed by atoms with Crippen LogP contribution in [-0.4, -0.2) is 46.7 Å². The molecule has 1 heterocycles. The summed E-state index contributed by atoms with van der Waals surface area (Å²) >= 11 is 0. The number of likely N-dealkylation sites (tertiary alicyclic amines) is 1. The van der Waals surface area contributed by atoms with Crippen molar-refractivity contribution in [2.75, 3.05) is 13.1 Å². The molecule has 0 bridgehead atoms. The van der Waals surface area contributed by atoms with E-state index in [2.05, 4.69) is 10.2 Å². The highest BCUT2D eigenvalue weighted by Gasteiger charge is 2.44. The molecule has 0 aromatic rings. The van der Waals surface area contributed by atoms with E-state index in [4.69, 9.17) is 0 Å². The molecule has 3 atom stereocenters. The number of aliphatic hydroxyl groups is 1. The zero-order valence-corrected chi connectivity index (χ0v) is 12.5. The largest absolute Gasteiger partial charge is 0.390 e. The molecule has 0 radical (unpaired) electrons. The zero-order valence-electron chi connectivity index (χ0n) is 12.5. The van der Waals surface area contributed by atoms with Crippen LogP contribution in [0.2, 0.25) is 0 Å². The van der Waals surface area contributed by atoms with Gasteiger partial charge in [-0.25, -0.2) is 0 Å². The summed E-state index contributed by atoms with van der Waals surface area (Å²) in [6, 6.07) is 0.0974. The van der Waals surface area contributed by atoms with Crippen molar-refractivity contribution in [2.24, 2.45) is 5.92 Å². The molecule has 1 aliphatic carbocycles. The first-order valence-electron chi connectivity index (χ1n) is 7.69. The summed E-state index contributed by atoms with van der Waals surface area (Å²) in [5.74, 6) is 0.459. The van der Waals surface area contributed by atoms with E-state index in [0.29, 0.717) is 5.92 Å². The molecule has 2 N–H and O–H groups in total. The maximum Gasteiger partial charge on any atom is 0.237 e. The molecular formula is C15H28N2O2. The number of fused-ring (bicyclic) bond motifs is 1. The van der Waals surface area contributed by atoms with Crippen LogP contribution in [0.1, 0.15) is 52.9 Å². The third kappa shape index (κ3) is 3.29. The minimum Gasteiger partial charge on any atom is -0.390 e. The Balaban J connectivity index is 1.94. The maximum absolute atomic E-state index is 12.1. The number of carbonyl (C=O) groups excluding carboxylic acids is 1. The number of nitrogens with zero attached hydrogens (tertiary/aromatic N) is 1. The average Bonchev–Trinajstić information content (AvgIpc) is 2.36. The monoisotopic (exact) mass is 268 g/mol. The number of carbonyl (C=O) groups is 1. The molecule has 1 saturated heterocycles. The highest BCUT2D eigenvalue weighted by atomic mass is 16.3. The average molecular weight is 268 g/mol. The van der Waals surface area contributed by atoms with E-state index in [-0.39, 0.29) is 18.0 Å². The highest BCUT2D eigenvalue weighted by molar-refractivity contribution is 5.81. The first-order chi connectivity index (χ1) is 8.92.